The van der Waals surface area contributed by atoms with E-state index in [1.165, 1.54) is 0 Å². The van der Waals surface area contributed by atoms with Crippen molar-refractivity contribution in [2.24, 2.45) is 5.73 Å². The number of aromatic nitrogens is 1. The molecule has 3 rings (SSSR count). The Bertz CT molecular complexity index is 1150. The molecule has 9 heteroatoms. The standard InChI is InChI=1S/C22H22BrClN2O4S/c1-31(28,29)14-17-6-5-15(21(25)27)13-22(17,30-11-9-23)16-7-8-19(24)18(12-16)20-4-2-3-10-26-20/h2-8,10,12H,9,11,13-14H2,1H3,(H2,25,27). The van der Waals surface area contributed by atoms with Gasteiger partial charge in [-0.05, 0) is 35.4 Å². The molecule has 1 atom stereocenters. The van der Waals surface area contributed by atoms with Crippen molar-refractivity contribution in [2.45, 2.75) is 12.0 Å². The Morgan fingerprint density at radius 1 is 1.29 bits per heavy atom. The van der Waals surface area contributed by atoms with E-state index in [4.69, 9.17) is 22.1 Å². The van der Waals surface area contributed by atoms with Crippen molar-refractivity contribution in [3.8, 4) is 11.3 Å². The van der Waals surface area contributed by atoms with Gasteiger partial charge in [-0.25, -0.2) is 8.42 Å². The van der Waals surface area contributed by atoms with Crippen LogP contribution in [0.2, 0.25) is 5.02 Å². The molecule has 0 aliphatic heterocycles. The number of pyridine rings is 1. The maximum Gasteiger partial charge on any atom is 0.244 e. The average Bonchev–Trinajstić information content (AvgIpc) is 2.73. The van der Waals surface area contributed by atoms with Crippen LogP contribution >= 0.6 is 27.5 Å². The number of hydrogen-bond acceptors (Lipinski definition) is 5. The van der Waals surface area contributed by atoms with E-state index in [9.17, 15) is 13.2 Å². The zero-order valence-electron chi connectivity index (χ0n) is 16.8. The highest BCUT2D eigenvalue weighted by molar-refractivity contribution is 9.09. The van der Waals surface area contributed by atoms with Gasteiger partial charge in [0, 0.05) is 40.4 Å². The maximum absolute atomic E-state index is 12.2. The molecule has 1 amide bonds. The molecule has 2 N–H and O–H groups in total. The molecule has 1 aromatic heterocycles. The number of nitrogens with zero attached hydrogens (tertiary/aromatic N) is 1. The van der Waals surface area contributed by atoms with Crippen LogP contribution in [-0.2, 0) is 25.0 Å². The van der Waals surface area contributed by atoms with Gasteiger partial charge in [0.1, 0.15) is 5.60 Å². The number of amides is 1. The molecule has 0 saturated carbocycles. The van der Waals surface area contributed by atoms with Crippen LogP contribution in [0.4, 0.5) is 0 Å². The number of alkyl halides is 1. The van der Waals surface area contributed by atoms with Crippen molar-refractivity contribution < 1.29 is 17.9 Å². The van der Waals surface area contributed by atoms with Crippen molar-refractivity contribution in [3.05, 3.63) is 76.5 Å². The summed E-state index contributed by atoms with van der Waals surface area (Å²) in [7, 11) is -3.38. The highest BCUT2D eigenvalue weighted by atomic mass is 79.9. The molecule has 2 aromatic rings. The number of sulfone groups is 1. The second-order valence-electron chi connectivity index (χ2n) is 7.27. The number of carbonyl (C=O) groups is 1. The summed E-state index contributed by atoms with van der Waals surface area (Å²) in [6.07, 6.45) is 6.12. The number of benzene rings is 1. The maximum atomic E-state index is 12.2. The number of rotatable bonds is 8. The zero-order valence-corrected chi connectivity index (χ0v) is 20.0. The molecule has 1 unspecified atom stereocenters. The molecule has 164 valence electrons. The molecule has 0 fully saturated rings. The molecule has 0 radical (unpaired) electrons. The first-order chi connectivity index (χ1) is 14.7. The van der Waals surface area contributed by atoms with Crippen molar-refractivity contribution in [1.82, 2.24) is 4.98 Å². The summed E-state index contributed by atoms with van der Waals surface area (Å²) in [5, 5.41) is 1.02. The van der Waals surface area contributed by atoms with Crippen molar-refractivity contribution in [2.75, 3.05) is 23.9 Å². The van der Waals surface area contributed by atoms with E-state index in [2.05, 4.69) is 20.9 Å². The molecule has 6 nitrogen and oxygen atoms in total. The van der Waals surface area contributed by atoms with Gasteiger partial charge in [0.05, 0.1) is 18.1 Å². The summed E-state index contributed by atoms with van der Waals surface area (Å²) < 4.78 is 30.7. The van der Waals surface area contributed by atoms with E-state index < -0.39 is 21.3 Å². The van der Waals surface area contributed by atoms with Crippen LogP contribution in [0.5, 0.6) is 0 Å². The van der Waals surface area contributed by atoms with Gasteiger partial charge >= 0.3 is 0 Å². The van der Waals surface area contributed by atoms with Gasteiger partial charge in [0.15, 0.2) is 9.84 Å². The Morgan fingerprint density at radius 2 is 2.06 bits per heavy atom. The minimum atomic E-state index is -3.38. The Kier molecular flexibility index (Phi) is 7.36. The molecule has 1 heterocycles. The number of hydrogen-bond donors (Lipinski definition) is 1. The van der Waals surface area contributed by atoms with Gasteiger partial charge in [-0.1, -0.05) is 51.8 Å². The van der Waals surface area contributed by atoms with E-state index >= 15 is 0 Å². The lowest BCUT2D eigenvalue weighted by Crippen LogP contribution is -2.39. The second-order valence-corrected chi connectivity index (χ2v) is 10.6. The molecule has 0 bridgehead atoms. The van der Waals surface area contributed by atoms with Gasteiger partial charge < -0.3 is 10.5 Å². The zero-order chi connectivity index (χ0) is 22.6. The number of ether oxygens (including phenoxy) is 1. The van der Waals surface area contributed by atoms with E-state index in [0.717, 1.165) is 6.26 Å². The summed E-state index contributed by atoms with van der Waals surface area (Å²) >= 11 is 9.82. The van der Waals surface area contributed by atoms with Crippen LogP contribution in [-0.4, -0.2) is 43.3 Å². The number of carbonyl (C=O) groups excluding carboxylic acids is 1. The minimum Gasteiger partial charge on any atom is -0.366 e. The third-order valence-electron chi connectivity index (χ3n) is 4.98. The Labute approximate surface area is 195 Å². The first kappa shape index (κ1) is 23.7. The predicted molar refractivity (Wildman–Crippen MR) is 126 cm³/mol. The number of halogens is 2. The molecular weight excluding hydrogens is 504 g/mol. The van der Waals surface area contributed by atoms with Crippen LogP contribution < -0.4 is 5.73 Å². The van der Waals surface area contributed by atoms with E-state index in [0.29, 0.717) is 38.3 Å². The van der Waals surface area contributed by atoms with Gasteiger partial charge in [-0.15, -0.1) is 0 Å². The molecule has 0 saturated heterocycles. The average molecular weight is 526 g/mol. The fraction of sp³-hybridized carbons (Fsp3) is 0.273. The molecule has 1 aliphatic carbocycles. The van der Waals surface area contributed by atoms with Gasteiger partial charge in [-0.2, -0.15) is 0 Å². The number of primary amides is 1. The normalized spacial score (nSPS) is 18.9. The van der Waals surface area contributed by atoms with Gasteiger partial charge in [0.25, 0.3) is 0 Å². The lowest BCUT2D eigenvalue weighted by atomic mass is 9.77. The monoisotopic (exact) mass is 524 g/mol. The van der Waals surface area contributed by atoms with Crippen molar-refractivity contribution in [1.29, 1.82) is 0 Å². The number of nitrogens with two attached hydrogens (primary N) is 1. The second kappa shape index (κ2) is 9.65. The minimum absolute atomic E-state index is 0.111. The smallest absolute Gasteiger partial charge is 0.244 e. The quantitative estimate of drug-likeness (QED) is 0.529. The van der Waals surface area contributed by atoms with Crippen LogP contribution in [0.1, 0.15) is 12.0 Å². The summed E-state index contributed by atoms with van der Waals surface area (Å²) in [6.45, 7) is 0.286. The van der Waals surface area contributed by atoms with Crippen LogP contribution in [0, 0.1) is 0 Å². The summed E-state index contributed by atoms with van der Waals surface area (Å²) in [4.78, 5) is 16.4. The first-order valence-corrected chi connectivity index (χ1v) is 13.0. The third-order valence-corrected chi connectivity index (χ3v) is 6.47. The Morgan fingerprint density at radius 3 is 2.68 bits per heavy atom. The van der Waals surface area contributed by atoms with Crippen LogP contribution in [0.3, 0.4) is 0 Å². The fourth-order valence-electron chi connectivity index (χ4n) is 3.62. The highest BCUT2D eigenvalue weighted by Gasteiger charge is 2.42. The summed E-state index contributed by atoms with van der Waals surface area (Å²) in [5.74, 6) is -0.806. The van der Waals surface area contributed by atoms with E-state index in [-0.39, 0.29) is 18.8 Å². The summed E-state index contributed by atoms with van der Waals surface area (Å²) in [5.41, 5.74) is 7.25. The molecule has 1 aromatic carbocycles. The molecule has 1 aliphatic rings. The van der Waals surface area contributed by atoms with Crippen LogP contribution in [0.25, 0.3) is 11.3 Å². The Hall–Kier alpha value is -2.00. The SMILES string of the molecule is CS(=O)(=O)CC1=CC=C(C(N)=O)CC1(OCCBr)c1ccc(Cl)c(-c2ccccn2)c1. The predicted octanol–water partition coefficient (Wildman–Crippen LogP) is 3.80. The van der Waals surface area contributed by atoms with Gasteiger partial charge in [-0.3, -0.25) is 9.78 Å². The molecular formula is C22H22BrClN2O4S. The molecule has 31 heavy (non-hydrogen) atoms. The number of allylic oxidation sites excluding steroid dienone is 2. The lowest BCUT2D eigenvalue weighted by molar-refractivity contribution is -0.115. The van der Waals surface area contributed by atoms with Gasteiger partial charge in [0.2, 0.25) is 5.91 Å². The third kappa shape index (κ3) is 5.44. The highest BCUT2D eigenvalue weighted by Crippen LogP contribution is 2.44. The molecule has 0 spiro atoms. The summed E-state index contributed by atoms with van der Waals surface area (Å²) in [6, 6.07) is 10.8. The van der Waals surface area contributed by atoms with E-state index in [1.54, 1.807) is 36.5 Å². The lowest BCUT2D eigenvalue weighted by Gasteiger charge is -2.39. The fourth-order valence-corrected chi connectivity index (χ4v) is 4.89. The first-order valence-electron chi connectivity index (χ1n) is 9.45. The van der Waals surface area contributed by atoms with Crippen molar-refractivity contribution in [3.63, 3.8) is 0 Å². The van der Waals surface area contributed by atoms with Crippen LogP contribution in [0.15, 0.2) is 65.9 Å². The van der Waals surface area contributed by atoms with Crippen molar-refractivity contribution >= 4 is 43.3 Å². The largest absolute Gasteiger partial charge is 0.366 e. The van der Waals surface area contributed by atoms with E-state index in [1.807, 2.05) is 18.2 Å². The Balaban J connectivity index is 2.23. The topological polar surface area (TPSA) is 99.3 Å².